The summed E-state index contributed by atoms with van der Waals surface area (Å²) < 4.78 is 13.3. The van der Waals surface area contributed by atoms with Gasteiger partial charge in [-0.2, -0.15) is 11.3 Å². The van der Waals surface area contributed by atoms with Crippen molar-refractivity contribution in [1.82, 2.24) is 0 Å². The number of rotatable bonds is 3. The highest BCUT2D eigenvalue weighted by Gasteiger charge is 2.12. The molecule has 82 valence electrons. The number of aryl methyl sites for hydroxylation is 1. The predicted molar refractivity (Wildman–Crippen MR) is 63.5 cm³/mol. The van der Waals surface area contributed by atoms with Crippen LogP contribution in [0.3, 0.4) is 0 Å². The van der Waals surface area contributed by atoms with E-state index in [1.54, 1.807) is 18.2 Å². The molecule has 1 aromatic heterocycles. The summed E-state index contributed by atoms with van der Waals surface area (Å²) in [6.07, 6.45) is 0.129. The maximum absolute atomic E-state index is 13.3. The number of hydrogen-bond acceptors (Lipinski definition) is 2. The Morgan fingerprint density at radius 3 is 2.69 bits per heavy atom. The standard InChI is InChI=1S/C13H11FOS/c1-9-7-16-8-11(9)13(15)6-10-4-2-3-5-12(10)14/h2-5,7-8H,6H2,1H3. The summed E-state index contributed by atoms with van der Waals surface area (Å²) in [6, 6.07) is 6.39. The molecule has 0 radical (unpaired) electrons. The zero-order chi connectivity index (χ0) is 11.5. The Hall–Kier alpha value is -1.48. The lowest BCUT2D eigenvalue weighted by Gasteiger charge is -2.02. The number of hydrogen-bond donors (Lipinski definition) is 0. The molecular weight excluding hydrogens is 223 g/mol. The first kappa shape index (κ1) is 11.0. The van der Waals surface area contributed by atoms with E-state index < -0.39 is 0 Å². The van der Waals surface area contributed by atoms with Crippen LogP contribution in [0, 0.1) is 12.7 Å². The van der Waals surface area contributed by atoms with Gasteiger partial charge in [0.05, 0.1) is 0 Å². The Bertz CT molecular complexity index is 516. The summed E-state index contributed by atoms with van der Waals surface area (Å²) in [5, 5.41) is 3.74. The van der Waals surface area contributed by atoms with Gasteiger partial charge in [0, 0.05) is 17.4 Å². The summed E-state index contributed by atoms with van der Waals surface area (Å²) >= 11 is 1.49. The Kier molecular flexibility index (Phi) is 3.15. The molecule has 1 aromatic carbocycles. The summed E-state index contributed by atoms with van der Waals surface area (Å²) in [4.78, 5) is 11.9. The van der Waals surface area contributed by atoms with Crippen LogP contribution in [0.1, 0.15) is 21.5 Å². The lowest BCUT2D eigenvalue weighted by atomic mass is 10.0. The van der Waals surface area contributed by atoms with E-state index in [2.05, 4.69) is 0 Å². The van der Waals surface area contributed by atoms with Crippen molar-refractivity contribution in [1.29, 1.82) is 0 Å². The van der Waals surface area contributed by atoms with E-state index >= 15 is 0 Å². The van der Waals surface area contributed by atoms with Crippen LogP contribution >= 0.6 is 11.3 Å². The molecular formula is C13H11FOS. The lowest BCUT2D eigenvalue weighted by Crippen LogP contribution is -2.05. The molecule has 0 unspecified atom stereocenters. The van der Waals surface area contributed by atoms with Gasteiger partial charge in [-0.15, -0.1) is 0 Å². The van der Waals surface area contributed by atoms with E-state index in [4.69, 9.17) is 0 Å². The Morgan fingerprint density at radius 1 is 1.31 bits per heavy atom. The van der Waals surface area contributed by atoms with Crippen molar-refractivity contribution in [2.45, 2.75) is 13.3 Å². The summed E-state index contributed by atoms with van der Waals surface area (Å²) in [5.41, 5.74) is 2.12. The van der Waals surface area contributed by atoms with Gasteiger partial charge in [-0.3, -0.25) is 4.79 Å². The molecule has 0 N–H and O–H groups in total. The van der Waals surface area contributed by atoms with Crippen LogP contribution in [0.4, 0.5) is 4.39 Å². The molecule has 0 aliphatic rings. The van der Waals surface area contributed by atoms with Crippen LogP contribution in [0.2, 0.25) is 0 Å². The molecule has 2 rings (SSSR count). The Labute approximate surface area is 97.6 Å². The van der Waals surface area contributed by atoms with E-state index in [0.717, 1.165) is 5.56 Å². The number of carbonyl (C=O) groups excluding carboxylic acids is 1. The SMILES string of the molecule is Cc1cscc1C(=O)Cc1ccccc1F. The zero-order valence-corrected chi connectivity index (χ0v) is 9.68. The molecule has 1 heterocycles. The van der Waals surface area contributed by atoms with Crippen LogP contribution in [0.5, 0.6) is 0 Å². The number of benzene rings is 1. The van der Waals surface area contributed by atoms with E-state index in [9.17, 15) is 9.18 Å². The van der Waals surface area contributed by atoms with Crippen LogP contribution in [0.15, 0.2) is 35.0 Å². The zero-order valence-electron chi connectivity index (χ0n) is 8.87. The Morgan fingerprint density at radius 2 is 2.06 bits per heavy atom. The second-order valence-corrected chi connectivity index (χ2v) is 4.40. The van der Waals surface area contributed by atoms with Crippen molar-refractivity contribution in [3.63, 3.8) is 0 Å². The van der Waals surface area contributed by atoms with E-state index in [0.29, 0.717) is 11.1 Å². The Balaban J connectivity index is 2.21. The molecule has 0 bridgehead atoms. The minimum Gasteiger partial charge on any atom is -0.294 e. The first-order valence-corrected chi connectivity index (χ1v) is 5.92. The van der Waals surface area contributed by atoms with Gasteiger partial charge >= 0.3 is 0 Å². The third-order valence-corrected chi connectivity index (χ3v) is 3.33. The van der Waals surface area contributed by atoms with E-state index in [1.807, 2.05) is 17.7 Å². The van der Waals surface area contributed by atoms with E-state index in [1.165, 1.54) is 17.4 Å². The number of Topliss-reactive ketones (excluding diaryl/α,β-unsaturated/α-hetero) is 1. The van der Waals surface area contributed by atoms with Gasteiger partial charge in [0.1, 0.15) is 5.82 Å². The molecule has 0 spiro atoms. The normalized spacial score (nSPS) is 10.4. The topological polar surface area (TPSA) is 17.1 Å². The van der Waals surface area contributed by atoms with Gasteiger partial charge in [-0.25, -0.2) is 4.39 Å². The average molecular weight is 234 g/mol. The van der Waals surface area contributed by atoms with Gasteiger partial charge in [0.2, 0.25) is 0 Å². The average Bonchev–Trinajstić information content (AvgIpc) is 2.68. The lowest BCUT2D eigenvalue weighted by molar-refractivity contribution is 0.0991. The second kappa shape index (κ2) is 4.58. The van der Waals surface area contributed by atoms with Crippen LogP contribution < -0.4 is 0 Å². The number of ketones is 1. The smallest absolute Gasteiger partial charge is 0.168 e. The quantitative estimate of drug-likeness (QED) is 0.741. The molecule has 3 heteroatoms. The third-order valence-electron chi connectivity index (χ3n) is 2.46. The minimum atomic E-state index is -0.316. The molecule has 2 aromatic rings. The fraction of sp³-hybridized carbons (Fsp3) is 0.154. The highest BCUT2D eigenvalue weighted by molar-refractivity contribution is 7.08. The van der Waals surface area contributed by atoms with Crippen molar-refractivity contribution in [2.75, 3.05) is 0 Å². The molecule has 0 amide bonds. The maximum Gasteiger partial charge on any atom is 0.168 e. The molecule has 0 aliphatic carbocycles. The monoisotopic (exact) mass is 234 g/mol. The van der Waals surface area contributed by atoms with Gasteiger partial charge in [-0.1, -0.05) is 18.2 Å². The first-order chi connectivity index (χ1) is 7.68. The molecule has 0 fully saturated rings. The van der Waals surface area contributed by atoms with Crippen molar-refractivity contribution in [2.24, 2.45) is 0 Å². The van der Waals surface area contributed by atoms with Crippen molar-refractivity contribution < 1.29 is 9.18 Å². The van der Waals surface area contributed by atoms with Gasteiger partial charge < -0.3 is 0 Å². The highest BCUT2D eigenvalue weighted by atomic mass is 32.1. The molecule has 0 aliphatic heterocycles. The van der Waals surface area contributed by atoms with Crippen molar-refractivity contribution >= 4 is 17.1 Å². The fourth-order valence-electron chi connectivity index (χ4n) is 1.56. The van der Waals surface area contributed by atoms with Crippen molar-refractivity contribution in [3.8, 4) is 0 Å². The van der Waals surface area contributed by atoms with Gasteiger partial charge in [0.15, 0.2) is 5.78 Å². The molecule has 0 atom stereocenters. The molecule has 0 saturated heterocycles. The van der Waals surface area contributed by atoms with E-state index in [-0.39, 0.29) is 18.0 Å². The van der Waals surface area contributed by atoms with Crippen LogP contribution in [-0.4, -0.2) is 5.78 Å². The minimum absolute atomic E-state index is 0.0242. The van der Waals surface area contributed by atoms with Crippen LogP contribution in [0.25, 0.3) is 0 Å². The third kappa shape index (κ3) is 2.19. The van der Waals surface area contributed by atoms with Crippen LogP contribution in [-0.2, 0) is 6.42 Å². The number of thiophene rings is 1. The molecule has 16 heavy (non-hydrogen) atoms. The maximum atomic E-state index is 13.3. The van der Waals surface area contributed by atoms with Gasteiger partial charge in [0.25, 0.3) is 0 Å². The fourth-order valence-corrected chi connectivity index (χ4v) is 2.41. The highest BCUT2D eigenvalue weighted by Crippen LogP contribution is 2.17. The number of carbonyl (C=O) groups is 1. The van der Waals surface area contributed by atoms with Crippen molar-refractivity contribution in [3.05, 3.63) is 57.5 Å². The summed E-state index contributed by atoms with van der Waals surface area (Å²) in [7, 11) is 0. The summed E-state index contributed by atoms with van der Waals surface area (Å²) in [6.45, 7) is 1.89. The predicted octanol–water partition coefficient (Wildman–Crippen LogP) is 3.62. The molecule has 1 nitrogen and oxygen atoms in total. The summed E-state index contributed by atoms with van der Waals surface area (Å²) in [5.74, 6) is -0.340. The van der Waals surface area contributed by atoms with Gasteiger partial charge in [-0.05, 0) is 29.5 Å². The molecule has 0 saturated carbocycles. The largest absolute Gasteiger partial charge is 0.294 e. The number of halogens is 1. The second-order valence-electron chi connectivity index (χ2n) is 3.66. The first-order valence-electron chi connectivity index (χ1n) is 4.98.